The molecule has 16 heavy (non-hydrogen) atoms. The van der Waals surface area contributed by atoms with E-state index in [0.29, 0.717) is 0 Å². The van der Waals surface area contributed by atoms with Gasteiger partial charge in [-0.3, -0.25) is 4.79 Å². The Morgan fingerprint density at radius 3 is 2.81 bits per heavy atom. The summed E-state index contributed by atoms with van der Waals surface area (Å²) in [5.41, 5.74) is 0.664. The van der Waals surface area contributed by atoms with Gasteiger partial charge in [-0.15, -0.1) is 11.3 Å². The highest BCUT2D eigenvalue weighted by atomic mass is 32.1. The first-order valence-corrected chi connectivity index (χ1v) is 5.79. The summed E-state index contributed by atoms with van der Waals surface area (Å²) in [5, 5.41) is 2.13. The van der Waals surface area contributed by atoms with Gasteiger partial charge >= 0.3 is 0 Å². The Balaban J connectivity index is 2.66. The average molecular weight is 230 g/mol. The lowest BCUT2D eigenvalue weighted by Crippen LogP contribution is -2.28. The molecule has 0 saturated carbocycles. The van der Waals surface area contributed by atoms with E-state index < -0.39 is 0 Å². The molecule has 3 rings (SSSR count). The second-order valence-corrected chi connectivity index (χ2v) is 4.83. The molecule has 1 aromatic carbocycles. The van der Waals surface area contributed by atoms with Crippen LogP contribution in [0, 0.1) is 6.92 Å². The van der Waals surface area contributed by atoms with E-state index in [1.54, 1.807) is 17.4 Å². The van der Waals surface area contributed by atoms with Crippen molar-refractivity contribution in [3.05, 3.63) is 46.4 Å². The number of pyridine rings is 1. The molecule has 3 nitrogen and oxygen atoms in total. The van der Waals surface area contributed by atoms with Crippen LogP contribution in [0.4, 0.5) is 0 Å². The number of fused-ring (bicyclic) bond motifs is 3. The van der Waals surface area contributed by atoms with E-state index in [-0.39, 0.29) is 5.56 Å². The van der Waals surface area contributed by atoms with Crippen LogP contribution in [0.2, 0.25) is 0 Å². The summed E-state index contributed by atoms with van der Waals surface area (Å²) in [6.45, 7) is 1.87. The molecule has 0 unspecified atom stereocenters. The molecule has 0 fully saturated rings. The first-order chi connectivity index (χ1) is 7.68. The SMILES string of the molecule is Cc1c2sc3ccccc3c2cc(=O)n1N. The Hall–Kier alpha value is -1.81. The van der Waals surface area contributed by atoms with E-state index in [1.807, 2.05) is 25.1 Å². The molecule has 0 radical (unpaired) electrons. The molecule has 0 bridgehead atoms. The predicted octanol–water partition coefficient (Wildman–Crippen LogP) is 2.24. The fraction of sp³-hybridized carbons (Fsp3) is 0.0833. The van der Waals surface area contributed by atoms with Crippen LogP contribution in [0.3, 0.4) is 0 Å². The second-order valence-electron chi connectivity index (χ2n) is 3.78. The second kappa shape index (κ2) is 3.09. The van der Waals surface area contributed by atoms with Crippen LogP contribution < -0.4 is 11.4 Å². The molecule has 0 aliphatic heterocycles. The molecule has 0 atom stereocenters. The molecule has 0 spiro atoms. The van der Waals surface area contributed by atoms with Gasteiger partial charge in [0.25, 0.3) is 5.56 Å². The van der Waals surface area contributed by atoms with Crippen LogP contribution in [0.5, 0.6) is 0 Å². The largest absolute Gasteiger partial charge is 0.336 e. The maximum absolute atomic E-state index is 11.6. The van der Waals surface area contributed by atoms with Crippen LogP contribution in [0.25, 0.3) is 20.2 Å². The number of nitrogens with two attached hydrogens (primary N) is 1. The van der Waals surface area contributed by atoms with Gasteiger partial charge in [0, 0.05) is 21.5 Å². The zero-order chi connectivity index (χ0) is 11.3. The van der Waals surface area contributed by atoms with E-state index in [4.69, 9.17) is 5.84 Å². The third-order valence-electron chi connectivity index (χ3n) is 2.83. The van der Waals surface area contributed by atoms with Gasteiger partial charge in [0.05, 0.1) is 10.4 Å². The first kappa shape index (κ1) is 9.42. The van der Waals surface area contributed by atoms with Gasteiger partial charge in [-0.2, -0.15) is 0 Å². The molecule has 4 heteroatoms. The molecule has 2 N–H and O–H groups in total. The summed E-state index contributed by atoms with van der Waals surface area (Å²) >= 11 is 1.67. The molecule has 0 aliphatic carbocycles. The minimum atomic E-state index is -0.159. The van der Waals surface area contributed by atoms with E-state index >= 15 is 0 Å². The number of aromatic nitrogens is 1. The first-order valence-electron chi connectivity index (χ1n) is 4.97. The van der Waals surface area contributed by atoms with E-state index in [0.717, 1.165) is 21.2 Å². The third-order valence-corrected chi connectivity index (χ3v) is 4.12. The fourth-order valence-electron chi connectivity index (χ4n) is 1.95. The standard InChI is InChI=1S/C12H10N2OS/c1-7-12-9(6-11(15)14(7)13)8-4-2-3-5-10(8)16-12/h2-6H,13H2,1H3. The van der Waals surface area contributed by atoms with Crippen molar-refractivity contribution in [2.45, 2.75) is 6.92 Å². The number of hydrogen-bond acceptors (Lipinski definition) is 3. The van der Waals surface area contributed by atoms with Crippen molar-refractivity contribution in [2.75, 3.05) is 5.84 Å². The number of hydrogen-bond donors (Lipinski definition) is 1. The van der Waals surface area contributed by atoms with Crippen molar-refractivity contribution in [2.24, 2.45) is 0 Å². The molecular weight excluding hydrogens is 220 g/mol. The molecule has 2 heterocycles. The molecule has 80 valence electrons. The van der Waals surface area contributed by atoms with Crippen LogP contribution >= 0.6 is 11.3 Å². The summed E-state index contributed by atoms with van der Waals surface area (Å²) < 4.78 is 3.48. The van der Waals surface area contributed by atoms with Crippen LogP contribution in [0.1, 0.15) is 5.69 Å². The number of aryl methyl sites for hydroxylation is 1. The van der Waals surface area contributed by atoms with Gasteiger partial charge < -0.3 is 5.84 Å². The van der Waals surface area contributed by atoms with Gasteiger partial charge in [-0.05, 0) is 13.0 Å². The maximum Gasteiger partial charge on any atom is 0.269 e. The summed E-state index contributed by atoms with van der Waals surface area (Å²) in [6.07, 6.45) is 0. The van der Waals surface area contributed by atoms with Gasteiger partial charge in [0.1, 0.15) is 0 Å². The Bertz CT molecular complexity index is 755. The maximum atomic E-state index is 11.6. The lowest BCUT2D eigenvalue weighted by molar-refractivity contribution is 0.904. The van der Waals surface area contributed by atoms with Crippen molar-refractivity contribution in [3.63, 3.8) is 0 Å². The van der Waals surface area contributed by atoms with Crippen molar-refractivity contribution in [1.29, 1.82) is 0 Å². The van der Waals surface area contributed by atoms with Gasteiger partial charge in [-0.25, -0.2) is 4.68 Å². The number of benzene rings is 1. The van der Waals surface area contributed by atoms with Gasteiger partial charge in [-0.1, -0.05) is 18.2 Å². The summed E-state index contributed by atoms with van der Waals surface area (Å²) in [5.74, 6) is 5.68. The van der Waals surface area contributed by atoms with E-state index in [9.17, 15) is 4.79 Å². The van der Waals surface area contributed by atoms with E-state index in [2.05, 4.69) is 6.07 Å². The smallest absolute Gasteiger partial charge is 0.269 e. The van der Waals surface area contributed by atoms with Gasteiger partial charge in [0.15, 0.2) is 0 Å². The van der Waals surface area contributed by atoms with Crippen LogP contribution in [-0.2, 0) is 0 Å². The van der Waals surface area contributed by atoms with Gasteiger partial charge in [0.2, 0.25) is 0 Å². The Morgan fingerprint density at radius 2 is 2.00 bits per heavy atom. The normalized spacial score (nSPS) is 11.3. The van der Waals surface area contributed by atoms with E-state index in [1.165, 1.54) is 9.38 Å². The van der Waals surface area contributed by atoms with Crippen LogP contribution in [-0.4, -0.2) is 4.68 Å². The van der Waals surface area contributed by atoms with Crippen molar-refractivity contribution >= 4 is 31.5 Å². The highest BCUT2D eigenvalue weighted by Gasteiger charge is 2.09. The van der Waals surface area contributed by atoms with Crippen molar-refractivity contribution in [1.82, 2.24) is 4.68 Å². The zero-order valence-electron chi connectivity index (χ0n) is 8.73. The predicted molar refractivity (Wildman–Crippen MR) is 68.5 cm³/mol. The number of thiophene rings is 1. The summed E-state index contributed by atoms with van der Waals surface area (Å²) in [7, 11) is 0. The topological polar surface area (TPSA) is 48.0 Å². The monoisotopic (exact) mass is 230 g/mol. The summed E-state index contributed by atoms with van der Waals surface area (Å²) in [4.78, 5) is 11.6. The minimum Gasteiger partial charge on any atom is -0.336 e. The Morgan fingerprint density at radius 1 is 1.25 bits per heavy atom. The van der Waals surface area contributed by atoms with Crippen LogP contribution in [0.15, 0.2) is 35.1 Å². The quantitative estimate of drug-likeness (QED) is 0.602. The zero-order valence-corrected chi connectivity index (χ0v) is 9.54. The van der Waals surface area contributed by atoms with Crippen molar-refractivity contribution in [3.8, 4) is 0 Å². The molecular formula is C12H10N2OS. The lowest BCUT2D eigenvalue weighted by Gasteiger charge is -2.02. The molecule has 0 saturated heterocycles. The minimum absolute atomic E-state index is 0.159. The molecule has 0 amide bonds. The average Bonchev–Trinajstić information content (AvgIpc) is 2.65. The molecule has 0 aliphatic rings. The molecule has 3 aromatic rings. The number of nitrogen functional groups attached to an aromatic ring is 1. The molecule has 2 aromatic heterocycles. The summed E-state index contributed by atoms with van der Waals surface area (Å²) in [6, 6.07) is 9.69. The highest BCUT2D eigenvalue weighted by Crippen LogP contribution is 2.33. The Kier molecular flexibility index (Phi) is 1.82. The Labute approximate surface area is 95.7 Å². The van der Waals surface area contributed by atoms with Crippen molar-refractivity contribution < 1.29 is 0 Å². The number of nitrogens with zero attached hydrogens (tertiary/aromatic N) is 1. The highest BCUT2D eigenvalue weighted by molar-refractivity contribution is 7.26. The lowest BCUT2D eigenvalue weighted by atomic mass is 10.2. The third kappa shape index (κ3) is 1.10. The number of rotatable bonds is 0. The fourth-order valence-corrected chi connectivity index (χ4v) is 3.12.